The first-order chi connectivity index (χ1) is 17.9. The minimum Gasteiger partial charge on any atom is -0.306 e. The molecule has 2 bridgehead atoms. The van der Waals surface area contributed by atoms with Gasteiger partial charge >= 0.3 is 12.1 Å². The maximum Gasteiger partial charge on any atom is 0.339 e. The molecule has 186 valence electrons. The van der Waals surface area contributed by atoms with Crippen molar-refractivity contribution in [1.82, 2.24) is 5.32 Å². The van der Waals surface area contributed by atoms with Crippen molar-refractivity contribution in [3.8, 4) is 0 Å². The lowest BCUT2D eigenvalue weighted by Gasteiger charge is -2.55. The van der Waals surface area contributed by atoms with E-state index in [0.29, 0.717) is 28.6 Å². The number of fused-ring (bicyclic) bond motifs is 1. The maximum atomic E-state index is 14.3. The van der Waals surface area contributed by atoms with Crippen LogP contribution in [0.2, 0.25) is 0 Å². The average molecular weight is 490 g/mol. The highest BCUT2D eigenvalue weighted by atomic mass is 16.2. The van der Waals surface area contributed by atoms with Crippen molar-refractivity contribution < 1.29 is 9.59 Å². The molecule has 7 rings (SSSR count). The van der Waals surface area contributed by atoms with Gasteiger partial charge in [-0.25, -0.2) is 14.5 Å². The zero-order valence-corrected chi connectivity index (χ0v) is 21.2. The van der Waals surface area contributed by atoms with Gasteiger partial charge in [0.15, 0.2) is 5.66 Å². The van der Waals surface area contributed by atoms with Crippen molar-refractivity contribution in [2.45, 2.75) is 32.4 Å². The number of anilines is 2. The number of nitrogens with one attached hydrogen (secondary N) is 1. The number of amides is 4. The van der Waals surface area contributed by atoms with E-state index in [1.807, 2.05) is 84.9 Å². The highest BCUT2D eigenvalue weighted by molar-refractivity contribution is 6.22. The third kappa shape index (κ3) is 3.77. The van der Waals surface area contributed by atoms with Crippen molar-refractivity contribution >= 4 is 23.4 Å². The molecule has 3 unspecified atom stereocenters. The highest BCUT2D eigenvalue weighted by Crippen LogP contribution is 2.58. The van der Waals surface area contributed by atoms with E-state index in [9.17, 15) is 9.59 Å². The van der Waals surface area contributed by atoms with Crippen LogP contribution in [0.1, 0.15) is 32.3 Å². The minimum absolute atomic E-state index is 0.343. The van der Waals surface area contributed by atoms with Gasteiger partial charge in [0.05, 0.1) is 5.69 Å². The van der Waals surface area contributed by atoms with E-state index in [2.05, 4.69) is 31.3 Å². The SMILES string of the molecule is CC1(C)C2C=C(/C=C/C3(c4ccccc4)NC(=O)N(c4ccccc4)C(=O)N3c3ccccc3)CC1C2. The third-order valence-electron chi connectivity index (χ3n) is 8.46. The van der Waals surface area contributed by atoms with Crippen LogP contribution < -0.4 is 15.1 Å². The summed E-state index contributed by atoms with van der Waals surface area (Å²) >= 11 is 0. The molecular weight excluding hydrogens is 458 g/mol. The summed E-state index contributed by atoms with van der Waals surface area (Å²) < 4.78 is 0. The van der Waals surface area contributed by atoms with Gasteiger partial charge < -0.3 is 5.32 Å². The lowest BCUT2D eigenvalue weighted by molar-refractivity contribution is 0.000410. The molecule has 37 heavy (non-hydrogen) atoms. The van der Waals surface area contributed by atoms with E-state index >= 15 is 0 Å². The van der Waals surface area contributed by atoms with E-state index in [-0.39, 0.29) is 0 Å². The largest absolute Gasteiger partial charge is 0.339 e. The predicted octanol–water partition coefficient (Wildman–Crippen LogP) is 7.24. The fourth-order valence-corrected chi connectivity index (χ4v) is 6.06. The molecule has 1 saturated carbocycles. The molecule has 1 saturated heterocycles. The zero-order chi connectivity index (χ0) is 25.6. The number of rotatable bonds is 5. The fraction of sp³-hybridized carbons (Fsp3) is 0.250. The summed E-state index contributed by atoms with van der Waals surface area (Å²) in [5, 5.41) is 3.23. The van der Waals surface area contributed by atoms with E-state index in [0.717, 1.165) is 12.0 Å². The van der Waals surface area contributed by atoms with E-state index in [4.69, 9.17) is 0 Å². The van der Waals surface area contributed by atoms with Crippen molar-refractivity contribution in [1.29, 1.82) is 0 Å². The molecule has 1 N–H and O–H groups in total. The predicted molar refractivity (Wildman–Crippen MR) is 147 cm³/mol. The monoisotopic (exact) mass is 489 g/mol. The molecule has 5 heteroatoms. The number of hydrogen-bond acceptors (Lipinski definition) is 2. The standard InChI is InChI=1S/C32H31N3O2/c1-31(2)25-20-23(21-26(31)22-25)18-19-32(24-12-6-3-7-13-24)33-29(36)34(27-14-8-4-9-15-27)30(37)35(32)28-16-10-5-11-17-28/h3-20,25-26H,21-22H2,1-2H3,(H,33,36)/b19-18+. The average Bonchev–Trinajstić information content (AvgIpc) is 2.93. The van der Waals surface area contributed by atoms with E-state index in [1.165, 1.54) is 16.9 Å². The van der Waals surface area contributed by atoms with Gasteiger partial charge in [0.1, 0.15) is 0 Å². The lowest BCUT2D eigenvalue weighted by atomic mass is 9.50. The quantitative estimate of drug-likeness (QED) is 0.411. The number of hydrogen-bond donors (Lipinski definition) is 1. The van der Waals surface area contributed by atoms with Crippen LogP contribution >= 0.6 is 0 Å². The second kappa shape index (κ2) is 8.77. The third-order valence-corrected chi connectivity index (χ3v) is 8.46. The topological polar surface area (TPSA) is 52.7 Å². The molecule has 0 spiro atoms. The molecule has 3 aromatic carbocycles. The first kappa shape index (κ1) is 23.3. The molecule has 4 aliphatic rings. The maximum absolute atomic E-state index is 14.3. The summed E-state index contributed by atoms with van der Waals surface area (Å²) in [6, 6.07) is 27.5. The molecule has 2 fully saturated rings. The first-order valence-electron chi connectivity index (χ1n) is 12.9. The molecule has 5 nitrogen and oxygen atoms in total. The normalized spacial score (nSPS) is 26.5. The molecule has 3 aliphatic carbocycles. The van der Waals surface area contributed by atoms with E-state index in [1.54, 1.807) is 17.0 Å². The summed E-state index contributed by atoms with van der Waals surface area (Å²) in [7, 11) is 0. The molecule has 4 amide bonds. The smallest absolute Gasteiger partial charge is 0.306 e. The molecule has 0 radical (unpaired) electrons. The molecular formula is C32H31N3O2. The summed E-state index contributed by atoms with van der Waals surface area (Å²) in [5.74, 6) is 1.23. The minimum atomic E-state index is -1.19. The first-order valence-corrected chi connectivity index (χ1v) is 12.9. The Morgan fingerprint density at radius 1 is 0.838 bits per heavy atom. The van der Waals surface area contributed by atoms with Crippen molar-refractivity contribution in [3.05, 3.63) is 120 Å². The Morgan fingerprint density at radius 2 is 1.43 bits per heavy atom. The van der Waals surface area contributed by atoms with Crippen LogP contribution in [0.3, 0.4) is 0 Å². The molecule has 0 aromatic heterocycles. The number of allylic oxidation sites excluding steroid dienone is 3. The van der Waals surface area contributed by atoms with Crippen LogP contribution in [0.15, 0.2) is 115 Å². The Hall–Kier alpha value is -4.12. The van der Waals surface area contributed by atoms with Gasteiger partial charge in [-0.3, -0.25) is 4.90 Å². The summed E-state index contributed by atoms with van der Waals surface area (Å²) in [5.41, 5.74) is 2.44. The van der Waals surface area contributed by atoms with Gasteiger partial charge in [-0.05, 0) is 60.4 Å². The number of para-hydroxylation sites is 2. The van der Waals surface area contributed by atoms with E-state index < -0.39 is 17.7 Å². The van der Waals surface area contributed by atoms with Crippen LogP contribution in [0, 0.1) is 17.3 Å². The van der Waals surface area contributed by atoms with Gasteiger partial charge in [-0.1, -0.05) is 98.3 Å². The fourth-order valence-electron chi connectivity index (χ4n) is 6.06. The number of carbonyl (C=O) groups is 2. The van der Waals surface area contributed by atoms with Gasteiger partial charge in [0.25, 0.3) is 0 Å². The van der Waals surface area contributed by atoms with Gasteiger partial charge in [0.2, 0.25) is 0 Å². The molecule has 3 atom stereocenters. The molecule has 1 heterocycles. The number of carbonyl (C=O) groups excluding carboxylic acids is 2. The number of urea groups is 2. The summed E-state index contributed by atoms with van der Waals surface area (Å²) in [6.45, 7) is 4.70. The van der Waals surface area contributed by atoms with Gasteiger partial charge in [0, 0.05) is 11.3 Å². The zero-order valence-electron chi connectivity index (χ0n) is 21.2. The van der Waals surface area contributed by atoms with Crippen LogP contribution in [-0.4, -0.2) is 12.1 Å². The number of benzene rings is 3. The molecule has 1 aliphatic heterocycles. The van der Waals surface area contributed by atoms with Crippen molar-refractivity contribution in [3.63, 3.8) is 0 Å². The van der Waals surface area contributed by atoms with Crippen LogP contribution in [0.4, 0.5) is 21.0 Å². The summed E-state index contributed by atoms with van der Waals surface area (Å²) in [4.78, 5) is 30.9. The Morgan fingerprint density at radius 3 is 2.00 bits per heavy atom. The van der Waals surface area contributed by atoms with Gasteiger partial charge in [-0.2, -0.15) is 0 Å². The van der Waals surface area contributed by atoms with Gasteiger partial charge in [-0.15, -0.1) is 0 Å². The second-order valence-electron chi connectivity index (χ2n) is 10.8. The molecule has 3 aromatic rings. The lowest BCUT2D eigenvalue weighted by Crippen LogP contribution is -2.70. The summed E-state index contributed by atoms with van der Waals surface area (Å²) in [6.07, 6.45) is 8.74. The Bertz CT molecular complexity index is 1380. The number of imide groups is 1. The van der Waals surface area contributed by atoms with Crippen molar-refractivity contribution in [2.24, 2.45) is 17.3 Å². The van der Waals surface area contributed by atoms with Crippen LogP contribution in [-0.2, 0) is 5.66 Å². The number of nitrogens with zero attached hydrogens (tertiary/aromatic N) is 2. The Kier molecular flexibility index (Phi) is 5.52. The van der Waals surface area contributed by atoms with Crippen molar-refractivity contribution in [2.75, 3.05) is 9.80 Å². The van der Waals surface area contributed by atoms with Crippen LogP contribution in [0.25, 0.3) is 0 Å². The second-order valence-corrected chi connectivity index (χ2v) is 10.8. The highest BCUT2D eigenvalue weighted by Gasteiger charge is 2.51. The Balaban J connectivity index is 1.50. The van der Waals surface area contributed by atoms with Crippen LogP contribution in [0.5, 0.6) is 0 Å². The Labute approximate surface area is 218 Å².